The van der Waals surface area contributed by atoms with Gasteiger partial charge in [0.15, 0.2) is 5.96 Å². The average Bonchev–Trinajstić information content (AvgIpc) is 2.26. The summed E-state index contributed by atoms with van der Waals surface area (Å²) in [6.45, 7) is 1.32. The molecule has 0 unspecified atom stereocenters. The number of ether oxygens (including phenoxy) is 1. The fraction of sp³-hybridized carbons (Fsp3) is 0.455. The maximum absolute atomic E-state index is 11.9. The van der Waals surface area contributed by atoms with Crippen molar-refractivity contribution in [2.45, 2.75) is 33.0 Å². The molecule has 0 fully saturated rings. The number of halogens is 2. The Morgan fingerprint density at radius 3 is 2.72 bits per heavy atom. The van der Waals surface area contributed by atoms with Crippen molar-refractivity contribution in [2.75, 3.05) is 0 Å². The number of rotatable bonds is 5. The zero-order valence-electron chi connectivity index (χ0n) is 10.2. The first-order valence-corrected chi connectivity index (χ1v) is 5.43. The van der Waals surface area contributed by atoms with Gasteiger partial charge in [-0.15, -0.1) is 0 Å². The van der Waals surface area contributed by atoms with E-state index in [4.69, 9.17) is 5.73 Å². The quantitative estimate of drug-likeness (QED) is 0.620. The zero-order chi connectivity index (χ0) is 13.5. The first-order chi connectivity index (χ1) is 8.47. The number of nitrogens with one attached hydrogen (secondary N) is 1. The topological polar surface area (TPSA) is 72.5 Å². The fourth-order valence-electron chi connectivity index (χ4n) is 1.18. The molecule has 0 aliphatic carbocycles. The van der Waals surface area contributed by atoms with Gasteiger partial charge in [-0.25, -0.2) is 4.99 Å². The highest BCUT2D eigenvalue weighted by Crippen LogP contribution is 2.12. The third-order valence-electron chi connectivity index (χ3n) is 1.87. The Kier molecular flexibility index (Phi) is 5.29. The van der Waals surface area contributed by atoms with Gasteiger partial charge < -0.3 is 15.8 Å². The molecular formula is C11H16F2N4O. The number of aromatic nitrogens is 1. The molecule has 1 aromatic rings. The van der Waals surface area contributed by atoms with Gasteiger partial charge in [0.05, 0.1) is 18.4 Å². The van der Waals surface area contributed by atoms with Crippen molar-refractivity contribution in [3.63, 3.8) is 0 Å². The summed E-state index contributed by atoms with van der Waals surface area (Å²) < 4.78 is 28.0. The third kappa shape index (κ3) is 5.42. The minimum absolute atomic E-state index is 0.0195. The SMILES string of the molecule is CC(C)NC(N)=NCc1ccc(OC(F)F)cn1. The van der Waals surface area contributed by atoms with Crippen molar-refractivity contribution in [1.29, 1.82) is 0 Å². The van der Waals surface area contributed by atoms with E-state index >= 15 is 0 Å². The molecule has 0 spiro atoms. The molecule has 0 bridgehead atoms. The number of nitrogens with two attached hydrogens (primary N) is 1. The van der Waals surface area contributed by atoms with Gasteiger partial charge in [0.25, 0.3) is 0 Å². The first-order valence-electron chi connectivity index (χ1n) is 5.43. The summed E-state index contributed by atoms with van der Waals surface area (Å²) in [4.78, 5) is 7.99. The van der Waals surface area contributed by atoms with Crippen molar-refractivity contribution >= 4 is 5.96 Å². The summed E-state index contributed by atoms with van der Waals surface area (Å²) in [6.07, 6.45) is 1.23. The monoisotopic (exact) mass is 258 g/mol. The Labute approximate surface area is 104 Å². The molecule has 1 aromatic heterocycles. The Hall–Kier alpha value is -1.92. The van der Waals surface area contributed by atoms with Gasteiger partial charge in [-0.3, -0.25) is 4.98 Å². The third-order valence-corrected chi connectivity index (χ3v) is 1.87. The van der Waals surface area contributed by atoms with E-state index in [1.165, 1.54) is 12.3 Å². The lowest BCUT2D eigenvalue weighted by Gasteiger charge is -2.08. The van der Waals surface area contributed by atoms with Crippen LogP contribution in [0.5, 0.6) is 5.75 Å². The lowest BCUT2D eigenvalue weighted by atomic mass is 10.3. The van der Waals surface area contributed by atoms with Crippen LogP contribution in [-0.2, 0) is 6.54 Å². The molecule has 0 atom stereocenters. The predicted molar refractivity (Wildman–Crippen MR) is 64.5 cm³/mol. The number of aliphatic imine (C=N–C) groups is 1. The molecule has 5 nitrogen and oxygen atoms in total. The molecule has 0 amide bonds. The fourth-order valence-corrected chi connectivity index (χ4v) is 1.18. The van der Waals surface area contributed by atoms with Crippen LogP contribution in [0.4, 0.5) is 8.78 Å². The van der Waals surface area contributed by atoms with Crippen LogP contribution in [0.2, 0.25) is 0 Å². The van der Waals surface area contributed by atoms with Crippen LogP contribution in [0.15, 0.2) is 23.3 Å². The number of pyridine rings is 1. The molecule has 0 aliphatic rings. The van der Waals surface area contributed by atoms with E-state index in [1.54, 1.807) is 6.07 Å². The van der Waals surface area contributed by atoms with Crippen LogP contribution in [0, 0.1) is 0 Å². The molecule has 18 heavy (non-hydrogen) atoms. The predicted octanol–water partition coefficient (Wildman–Crippen LogP) is 1.50. The van der Waals surface area contributed by atoms with E-state index in [-0.39, 0.29) is 18.3 Å². The lowest BCUT2D eigenvalue weighted by Crippen LogP contribution is -2.36. The largest absolute Gasteiger partial charge is 0.433 e. The second-order valence-electron chi connectivity index (χ2n) is 3.86. The summed E-state index contributed by atoms with van der Waals surface area (Å²) in [6, 6.07) is 3.17. The van der Waals surface area contributed by atoms with Crippen molar-refractivity contribution in [1.82, 2.24) is 10.3 Å². The van der Waals surface area contributed by atoms with Gasteiger partial charge in [-0.05, 0) is 26.0 Å². The lowest BCUT2D eigenvalue weighted by molar-refractivity contribution is -0.0500. The minimum Gasteiger partial charge on any atom is -0.433 e. The summed E-state index contributed by atoms with van der Waals surface area (Å²) >= 11 is 0. The van der Waals surface area contributed by atoms with Gasteiger partial charge in [-0.2, -0.15) is 8.78 Å². The van der Waals surface area contributed by atoms with Crippen LogP contribution in [0.1, 0.15) is 19.5 Å². The summed E-state index contributed by atoms with van der Waals surface area (Å²) in [5, 5.41) is 2.93. The Bertz CT molecular complexity index is 393. The minimum atomic E-state index is -2.85. The Morgan fingerprint density at radius 1 is 1.50 bits per heavy atom. The second-order valence-corrected chi connectivity index (χ2v) is 3.86. The first kappa shape index (κ1) is 14.1. The summed E-state index contributed by atoms with van der Waals surface area (Å²) in [7, 11) is 0. The average molecular weight is 258 g/mol. The summed E-state index contributed by atoms with van der Waals surface area (Å²) in [5.74, 6) is 0.339. The van der Waals surface area contributed by atoms with Crippen molar-refractivity contribution in [3.8, 4) is 5.75 Å². The standard InChI is InChI=1S/C11H16F2N4O/c1-7(2)17-11(14)16-5-8-3-4-9(6-15-8)18-10(12)13/h3-4,6-7,10H,5H2,1-2H3,(H3,14,16,17). The molecule has 100 valence electrons. The highest BCUT2D eigenvalue weighted by atomic mass is 19.3. The van der Waals surface area contributed by atoms with Crippen LogP contribution in [-0.4, -0.2) is 23.6 Å². The van der Waals surface area contributed by atoms with E-state index in [2.05, 4.69) is 20.0 Å². The molecular weight excluding hydrogens is 242 g/mol. The zero-order valence-corrected chi connectivity index (χ0v) is 10.2. The van der Waals surface area contributed by atoms with Crippen LogP contribution in [0.3, 0.4) is 0 Å². The molecule has 0 radical (unpaired) electrons. The highest BCUT2D eigenvalue weighted by Gasteiger charge is 2.04. The second kappa shape index (κ2) is 6.73. The highest BCUT2D eigenvalue weighted by molar-refractivity contribution is 5.77. The van der Waals surface area contributed by atoms with Crippen LogP contribution in [0.25, 0.3) is 0 Å². The van der Waals surface area contributed by atoms with E-state index in [0.29, 0.717) is 11.7 Å². The van der Waals surface area contributed by atoms with E-state index in [0.717, 1.165) is 0 Å². The number of alkyl halides is 2. The molecule has 3 N–H and O–H groups in total. The van der Waals surface area contributed by atoms with Gasteiger partial charge in [0.2, 0.25) is 0 Å². The molecule has 0 aromatic carbocycles. The number of hydrogen-bond donors (Lipinski definition) is 2. The molecule has 1 rings (SSSR count). The van der Waals surface area contributed by atoms with Gasteiger partial charge in [0.1, 0.15) is 5.75 Å². The maximum Gasteiger partial charge on any atom is 0.387 e. The van der Waals surface area contributed by atoms with Gasteiger partial charge in [0, 0.05) is 6.04 Å². The van der Waals surface area contributed by atoms with Crippen LogP contribution >= 0.6 is 0 Å². The molecule has 1 heterocycles. The Morgan fingerprint density at radius 2 is 2.22 bits per heavy atom. The normalized spacial score (nSPS) is 12.0. The van der Waals surface area contributed by atoms with Gasteiger partial charge >= 0.3 is 6.61 Å². The van der Waals surface area contributed by atoms with Gasteiger partial charge in [-0.1, -0.05) is 0 Å². The Balaban J connectivity index is 2.53. The van der Waals surface area contributed by atoms with E-state index in [9.17, 15) is 8.78 Å². The smallest absolute Gasteiger partial charge is 0.387 e. The van der Waals surface area contributed by atoms with E-state index < -0.39 is 6.61 Å². The number of guanidine groups is 1. The van der Waals surface area contributed by atoms with Crippen molar-refractivity contribution in [3.05, 3.63) is 24.0 Å². The van der Waals surface area contributed by atoms with Crippen LogP contribution < -0.4 is 15.8 Å². The molecule has 7 heteroatoms. The maximum atomic E-state index is 11.9. The number of hydrogen-bond acceptors (Lipinski definition) is 3. The van der Waals surface area contributed by atoms with Crippen molar-refractivity contribution in [2.24, 2.45) is 10.7 Å². The number of nitrogens with zero attached hydrogens (tertiary/aromatic N) is 2. The molecule has 0 saturated carbocycles. The van der Waals surface area contributed by atoms with E-state index in [1.807, 2.05) is 13.8 Å². The summed E-state index contributed by atoms with van der Waals surface area (Å²) in [5.41, 5.74) is 6.22. The molecule has 0 saturated heterocycles. The van der Waals surface area contributed by atoms with Crippen molar-refractivity contribution < 1.29 is 13.5 Å². The molecule has 0 aliphatic heterocycles.